The van der Waals surface area contributed by atoms with Gasteiger partial charge in [0.15, 0.2) is 0 Å². The first-order valence-corrected chi connectivity index (χ1v) is 15.4. The van der Waals surface area contributed by atoms with Gasteiger partial charge >= 0.3 is 6.09 Å². The number of carbonyl (C=O) groups is 2. The molecule has 39 heavy (non-hydrogen) atoms. The van der Waals surface area contributed by atoms with Crippen molar-refractivity contribution in [2.45, 2.75) is 90.5 Å². The summed E-state index contributed by atoms with van der Waals surface area (Å²) in [7, 11) is -2.98. The molecule has 1 saturated heterocycles. The van der Waals surface area contributed by atoms with Crippen LogP contribution in [0.2, 0.25) is 5.04 Å². The second kappa shape index (κ2) is 11.2. The van der Waals surface area contributed by atoms with E-state index in [1.807, 2.05) is 36.4 Å². The van der Waals surface area contributed by atoms with Crippen LogP contribution in [0.25, 0.3) is 0 Å². The maximum Gasteiger partial charge on any atom is 0.417 e. The molecule has 0 saturated carbocycles. The van der Waals surface area contributed by atoms with Crippen molar-refractivity contribution in [3.63, 3.8) is 0 Å². The van der Waals surface area contributed by atoms with Gasteiger partial charge in [-0.05, 0) is 42.6 Å². The lowest BCUT2D eigenvalue weighted by Crippen LogP contribution is -2.68. The van der Waals surface area contributed by atoms with E-state index in [2.05, 4.69) is 45.0 Å². The van der Waals surface area contributed by atoms with Gasteiger partial charge in [-0.2, -0.15) is 0 Å². The van der Waals surface area contributed by atoms with Crippen molar-refractivity contribution in [3.05, 3.63) is 70.8 Å². The van der Waals surface area contributed by atoms with Gasteiger partial charge in [-0.15, -0.1) is 0 Å². The van der Waals surface area contributed by atoms with Gasteiger partial charge in [0.05, 0.1) is 12.6 Å². The number of piperidine rings is 1. The van der Waals surface area contributed by atoms with E-state index in [1.54, 1.807) is 20.8 Å². The third kappa shape index (κ3) is 6.41. The van der Waals surface area contributed by atoms with Gasteiger partial charge in [0.25, 0.3) is 8.32 Å². The van der Waals surface area contributed by atoms with Gasteiger partial charge in [0, 0.05) is 31.1 Å². The predicted octanol–water partition coefficient (Wildman–Crippen LogP) is 5.16. The second-order valence-corrected chi connectivity index (χ2v) is 17.2. The van der Waals surface area contributed by atoms with Crippen LogP contribution in [0, 0.1) is 16.0 Å². The monoisotopic (exact) mass is 554 g/mol. The summed E-state index contributed by atoms with van der Waals surface area (Å²) < 4.78 is 12.7. The summed E-state index contributed by atoms with van der Waals surface area (Å²) in [6.45, 7) is 14.8. The molecule has 0 spiro atoms. The molecule has 0 radical (unpaired) electrons. The Labute approximate surface area is 233 Å². The molecule has 0 aromatic heterocycles. The number of likely N-dealkylation sites (tertiary alicyclic amines) is 1. The standard InChI is InChI=1S/C30H42N2O6Si/c1-28(2,3)38-27(34)31-23(19-22(20-26(31)33)30(7,8)32(35)36)21-37-39(29(4,5)6,24-15-11-9-12-16-24)25-17-13-10-14-18-25/h9-18,22-23H,19-21H2,1-8H3/t22-,23+/m1/s1. The molecule has 1 fully saturated rings. The molecule has 1 heterocycles. The molecule has 1 aliphatic heterocycles. The Hall–Kier alpha value is -3.04. The predicted molar refractivity (Wildman–Crippen MR) is 154 cm³/mol. The van der Waals surface area contributed by atoms with Crippen molar-refractivity contribution in [3.8, 4) is 0 Å². The minimum atomic E-state index is -2.98. The van der Waals surface area contributed by atoms with Gasteiger partial charge in [0.2, 0.25) is 11.4 Å². The molecule has 2 aromatic carbocycles. The summed E-state index contributed by atoms with van der Waals surface area (Å²) in [6.07, 6.45) is -0.610. The van der Waals surface area contributed by atoms with E-state index in [0.717, 1.165) is 15.3 Å². The summed E-state index contributed by atoms with van der Waals surface area (Å²) in [5, 5.41) is 13.7. The van der Waals surface area contributed by atoms with E-state index in [9.17, 15) is 19.7 Å². The maximum atomic E-state index is 13.4. The first kappa shape index (κ1) is 30.5. The number of imide groups is 1. The highest BCUT2D eigenvalue weighted by Gasteiger charge is 2.53. The number of rotatable bonds is 7. The van der Waals surface area contributed by atoms with Crippen LogP contribution in [0.15, 0.2) is 60.7 Å². The molecule has 9 heteroatoms. The molecule has 0 N–H and O–H groups in total. The number of hydrogen-bond acceptors (Lipinski definition) is 6. The lowest BCUT2D eigenvalue weighted by Gasteiger charge is -2.46. The van der Waals surface area contributed by atoms with Gasteiger partial charge in [0.1, 0.15) is 5.60 Å². The fourth-order valence-electron chi connectivity index (χ4n) is 5.40. The Morgan fingerprint density at radius 1 is 0.949 bits per heavy atom. The number of hydrogen-bond donors (Lipinski definition) is 0. The Morgan fingerprint density at radius 3 is 1.85 bits per heavy atom. The zero-order chi connectivity index (χ0) is 29.2. The van der Waals surface area contributed by atoms with Crippen molar-refractivity contribution in [2.75, 3.05) is 6.61 Å². The first-order valence-electron chi connectivity index (χ1n) is 13.5. The van der Waals surface area contributed by atoms with Gasteiger partial charge in [-0.25, -0.2) is 9.69 Å². The van der Waals surface area contributed by atoms with Crippen LogP contribution in [-0.2, 0) is 14.0 Å². The fraction of sp³-hybridized carbons (Fsp3) is 0.533. The lowest BCUT2D eigenvalue weighted by molar-refractivity contribution is -0.572. The Morgan fingerprint density at radius 2 is 1.44 bits per heavy atom. The molecular weight excluding hydrogens is 512 g/mol. The normalized spacial score (nSPS) is 19.1. The van der Waals surface area contributed by atoms with E-state index in [-0.39, 0.29) is 29.4 Å². The molecular formula is C30H42N2O6Si. The summed E-state index contributed by atoms with van der Waals surface area (Å²) in [5.74, 6) is -1.04. The number of nitro groups is 1. The zero-order valence-corrected chi connectivity index (χ0v) is 25.4. The average molecular weight is 555 g/mol. The van der Waals surface area contributed by atoms with Crippen LogP contribution >= 0.6 is 0 Å². The van der Waals surface area contributed by atoms with E-state index < -0.39 is 43.4 Å². The summed E-state index contributed by atoms with van der Waals surface area (Å²) in [6, 6.07) is 19.4. The van der Waals surface area contributed by atoms with E-state index in [0.29, 0.717) is 0 Å². The van der Waals surface area contributed by atoms with E-state index >= 15 is 0 Å². The average Bonchev–Trinajstić information content (AvgIpc) is 2.83. The number of benzene rings is 2. The Kier molecular flexibility index (Phi) is 8.77. The lowest BCUT2D eigenvalue weighted by atomic mass is 9.78. The van der Waals surface area contributed by atoms with Crippen LogP contribution in [0.5, 0.6) is 0 Å². The molecule has 1 aliphatic rings. The molecule has 0 unspecified atom stereocenters. The van der Waals surface area contributed by atoms with Crippen molar-refractivity contribution in [1.82, 2.24) is 4.90 Å². The Bertz CT molecular complexity index is 1130. The highest BCUT2D eigenvalue weighted by molar-refractivity contribution is 6.99. The van der Waals surface area contributed by atoms with Crippen LogP contribution in [0.1, 0.15) is 68.2 Å². The van der Waals surface area contributed by atoms with Crippen molar-refractivity contribution in [1.29, 1.82) is 0 Å². The van der Waals surface area contributed by atoms with Crippen LogP contribution in [-0.4, -0.2) is 53.9 Å². The zero-order valence-electron chi connectivity index (χ0n) is 24.4. The number of nitrogens with zero attached hydrogens (tertiary/aromatic N) is 2. The quantitative estimate of drug-likeness (QED) is 0.266. The highest BCUT2D eigenvalue weighted by atomic mass is 28.4. The van der Waals surface area contributed by atoms with Gasteiger partial charge in [-0.1, -0.05) is 81.4 Å². The number of ether oxygens (including phenoxy) is 1. The molecule has 2 atom stereocenters. The molecule has 0 aliphatic carbocycles. The summed E-state index contributed by atoms with van der Waals surface area (Å²) >= 11 is 0. The first-order chi connectivity index (χ1) is 18.0. The minimum Gasteiger partial charge on any atom is -0.443 e. The SMILES string of the molecule is CC(C)(C)OC(=O)N1C(=O)C[C@H](C(C)(C)[N+](=O)[O-])C[C@H]1CO[Si](c1ccccc1)(c1ccccc1)C(C)(C)C. The molecule has 2 aromatic rings. The summed E-state index contributed by atoms with van der Waals surface area (Å²) in [5.41, 5.74) is -2.15. The number of amides is 2. The van der Waals surface area contributed by atoms with Crippen LogP contribution in [0.3, 0.4) is 0 Å². The maximum absolute atomic E-state index is 13.4. The largest absolute Gasteiger partial charge is 0.443 e. The third-order valence-corrected chi connectivity index (χ3v) is 12.6. The molecule has 8 nitrogen and oxygen atoms in total. The molecule has 3 rings (SSSR count). The van der Waals surface area contributed by atoms with Crippen LogP contribution < -0.4 is 10.4 Å². The second-order valence-electron chi connectivity index (χ2n) is 12.9. The highest BCUT2D eigenvalue weighted by Crippen LogP contribution is 2.39. The van der Waals surface area contributed by atoms with Crippen molar-refractivity contribution in [2.24, 2.45) is 5.92 Å². The van der Waals surface area contributed by atoms with Crippen molar-refractivity contribution < 1.29 is 23.7 Å². The smallest absolute Gasteiger partial charge is 0.417 e. The van der Waals surface area contributed by atoms with Crippen LogP contribution in [0.4, 0.5) is 4.79 Å². The molecule has 0 bridgehead atoms. The molecule has 2 amide bonds. The topological polar surface area (TPSA) is 99.0 Å². The van der Waals surface area contributed by atoms with E-state index in [4.69, 9.17) is 9.16 Å². The number of carbonyl (C=O) groups excluding carboxylic acids is 2. The minimum absolute atomic E-state index is 0.0442. The summed E-state index contributed by atoms with van der Waals surface area (Å²) in [4.78, 5) is 39.4. The van der Waals surface area contributed by atoms with Crippen molar-refractivity contribution >= 4 is 30.7 Å². The Balaban J connectivity index is 2.10. The van der Waals surface area contributed by atoms with Gasteiger partial charge < -0.3 is 9.16 Å². The van der Waals surface area contributed by atoms with E-state index in [1.165, 1.54) is 13.8 Å². The third-order valence-electron chi connectivity index (χ3n) is 7.58. The fourth-order valence-corrected chi connectivity index (χ4v) is 10.0. The molecule has 212 valence electrons. The van der Waals surface area contributed by atoms with Gasteiger partial charge in [-0.3, -0.25) is 14.9 Å².